The van der Waals surface area contributed by atoms with E-state index in [4.69, 9.17) is 11.6 Å². The summed E-state index contributed by atoms with van der Waals surface area (Å²) < 4.78 is 29.8. The van der Waals surface area contributed by atoms with E-state index in [-0.39, 0.29) is 28.6 Å². The number of alkyl halides is 2. The summed E-state index contributed by atoms with van der Waals surface area (Å²) in [5, 5.41) is -0.125. The highest BCUT2D eigenvalue weighted by atomic mass is 35.5. The van der Waals surface area contributed by atoms with E-state index in [1.54, 1.807) is 6.92 Å². The number of halogens is 3. The maximum atomic E-state index is 12.6. The fourth-order valence-corrected chi connectivity index (χ4v) is 1.42. The summed E-state index contributed by atoms with van der Waals surface area (Å²) in [6, 6.07) is 1.02. The summed E-state index contributed by atoms with van der Waals surface area (Å²) in [6.45, 7) is 3.16. The van der Waals surface area contributed by atoms with Crippen LogP contribution in [-0.4, -0.2) is 17.6 Å². The average molecular weight is 250 g/mol. The molecule has 1 aromatic heterocycles. The molecule has 0 aliphatic heterocycles. The predicted molar refractivity (Wildman–Crippen MR) is 54.9 cm³/mol. The molecule has 1 rings (SSSR count). The largest absolute Gasteiger partial charge is 0.462 e. The van der Waals surface area contributed by atoms with E-state index in [1.807, 2.05) is 0 Å². The highest BCUT2D eigenvalue weighted by molar-refractivity contribution is 6.32. The van der Waals surface area contributed by atoms with Gasteiger partial charge in [-0.2, -0.15) is 0 Å². The van der Waals surface area contributed by atoms with E-state index in [9.17, 15) is 13.6 Å². The van der Waals surface area contributed by atoms with Gasteiger partial charge in [0.25, 0.3) is 6.43 Å². The van der Waals surface area contributed by atoms with Crippen LogP contribution in [0.15, 0.2) is 6.07 Å². The third-order valence-corrected chi connectivity index (χ3v) is 2.22. The highest BCUT2D eigenvalue weighted by Gasteiger charge is 2.19. The Morgan fingerprint density at radius 2 is 2.25 bits per heavy atom. The number of aromatic nitrogens is 1. The Labute approximate surface area is 96.4 Å². The molecule has 3 nitrogen and oxygen atoms in total. The summed E-state index contributed by atoms with van der Waals surface area (Å²) in [4.78, 5) is 15.0. The second kappa shape index (κ2) is 5.21. The van der Waals surface area contributed by atoms with Crippen molar-refractivity contribution in [3.05, 3.63) is 28.0 Å². The molecule has 0 fully saturated rings. The molecule has 0 saturated carbocycles. The van der Waals surface area contributed by atoms with Crippen molar-refractivity contribution in [1.29, 1.82) is 0 Å². The molecular formula is C10H10ClF2NO2. The molecule has 0 atom stereocenters. The van der Waals surface area contributed by atoms with Gasteiger partial charge < -0.3 is 4.74 Å². The number of hydrogen-bond acceptors (Lipinski definition) is 3. The van der Waals surface area contributed by atoms with E-state index in [2.05, 4.69) is 9.72 Å². The Bertz CT molecular complexity index is 410. The van der Waals surface area contributed by atoms with Crippen molar-refractivity contribution in [3.8, 4) is 0 Å². The maximum Gasteiger partial charge on any atom is 0.341 e. The second-order valence-corrected chi connectivity index (χ2v) is 3.38. The first-order valence-electron chi connectivity index (χ1n) is 4.59. The van der Waals surface area contributed by atoms with E-state index >= 15 is 0 Å². The first kappa shape index (κ1) is 12.8. The summed E-state index contributed by atoms with van der Waals surface area (Å²) >= 11 is 5.68. The summed E-state index contributed by atoms with van der Waals surface area (Å²) in [7, 11) is 0. The van der Waals surface area contributed by atoms with E-state index < -0.39 is 12.4 Å². The monoisotopic (exact) mass is 249 g/mol. The number of nitrogens with zero attached hydrogens (tertiary/aromatic N) is 1. The summed E-state index contributed by atoms with van der Waals surface area (Å²) in [6.07, 6.45) is -2.70. The van der Waals surface area contributed by atoms with Gasteiger partial charge in [0.15, 0.2) is 0 Å². The zero-order chi connectivity index (χ0) is 12.3. The standard InChI is InChI=1S/C10H10ClF2NO2/c1-3-16-10(15)7-4-6(9(12)13)5(2)14-8(7)11/h4,9H,3H2,1-2H3. The minimum Gasteiger partial charge on any atom is -0.462 e. The van der Waals surface area contributed by atoms with Crippen molar-refractivity contribution in [2.24, 2.45) is 0 Å². The minimum absolute atomic E-state index is 0.105. The van der Waals surface area contributed by atoms with Crippen molar-refractivity contribution in [1.82, 2.24) is 4.98 Å². The molecule has 16 heavy (non-hydrogen) atoms. The van der Waals surface area contributed by atoms with Crippen LogP contribution in [-0.2, 0) is 4.74 Å². The van der Waals surface area contributed by atoms with E-state index in [0.717, 1.165) is 6.07 Å². The molecule has 0 spiro atoms. The lowest BCUT2D eigenvalue weighted by atomic mass is 10.1. The molecule has 1 aromatic rings. The van der Waals surface area contributed by atoms with Crippen molar-refractivity contribution in [2.45, 2.75) is 20.3 Å². The number of carbonyl (C=O) groups excluding carboxylic acids is 1. The minimum atomic E-state index is -2.70. The third kappa shape index (κ3) is 2.66. The van der Waals surface area contributed by atoms with Gasteiger partial charge in [-0.05, 0) is 19.9 Å². The summed E-state index contributed by atoms with van der Waals surface area (Å²) in [5.74, 6) is -0.748. The SMILES string of the molecule is CCOC(=O)c1cc(C(F)F)c(C)nc1Cl. The van der Waals surface area contributed by atoms with Gasteiger partial charge in [-0.3, -0.25) is 0 Å². The zero-order valence-electron chi connectivity index (χ0n) is 8.76. The number of carbonyl (C=O) groups is 1. The number of esters is 1. The van der Waals surface area contributed by atoms with Crippen LogP contribution < -0.4 is 0 Å². The second-order valence-electron chi connectivity index (χ2n) is 3.02. The van der Waals surface area contributed by atoms with Crippen molar-refractivity contribution < 1.29 is 18.3 Å². The van der Waals surface area contributed by atoms with Crippen LogP contribution in [0.3, 0.4) is 0 Å². The fraction of sp³-hybridized carbons (Fsp3) is 0.400. The molecule has 0 saturated heterocycles. The Balaban J connectivity index is 3.19. The molecule has 1 heterocycles. The lowest BCUT2D eigenvalue weighted by molar-refractivity contribution is 0.0525. The van der Waals surface area contributed by atoms with Gasteiger partial charge in [-0.25, -0.2) is 18.6 Å². The number of ether oxygens (including phenoxy) is 1. The van der Waals surface area contributed by atoms with Crippen molar-refractivity contribution >= 4 is 17.6 Å². The Morgan fingerprint density at radius 1 is 1.62 bits per heavy atom. The molecule has 0 radical (unpaired) electrons. The van der Waals surface area contributed by atoms with Gasteiger partial charge in [0.1, 0.15) is 5.15 Å². The molecule has 0 unspecified atom stereocenters. The highest BCUT2D eigenvalue weighted by Crippen LogP contribution is 2.26. The van der Waals surface area contributed by atoms with Crippen LogP contribution in [0.4, 0.5) is 8.78 Å². The van der Waals surface area contributed by atoms with Crippen LogP contribution in [0.25, 0.3) is 0 Å². The van der Waals surface area contributed by atoms with Crippen LogP contribution in [0.5, 0.6) is 0 Å². The van der Waals surface area contributed by atoms with Gasteiger partial charge in [0, 0.05) is 11.3 Å². The molecule has 0 N–H and O–H groups in total. The predicted octanol–water partition coefficient (Wildman–Crippen LogP) is 3.16. The first-order valence-corrected chi connectivity index (χ1v) is 4.97. The molecule has 0 aliphatic rings. The molecule has 0 amide bonds. The summed E-state index contributed by atoms with van der Waals surface area (Å²) in [5.41, 5.74) is -0.343. The normalized spacial score (nSPS) is 10.6. The molecular weight excluding hydrogens is 240 g/mol. The van der Waals surface area contributed by atoms with Gasteiger partial charge in [0.2, 0.25) is 0 Å². The van der Waals surface area contributed by atoms with Crippen molar-refractivity contribution in [2.75, 3.05) is 6.61 Å². The number of pyridine rings is 1. The van der Waals surface area contributed by atoms with Gasteiger partial charge in [-0.1, -0.05) is 11.6 Å². The van der Waals surface area contributed by atoms with Gasteiger partial charge >= 0.3 is 5.97 Å². The first-order chi connectivity index (χ1) is 7.47. The van der Waals surface area contributed by atoms with Gasteiger partial charge in [-0.15, -0.1) is 0 Å². The van der Waals surface area contributed by atoms with Crippen LogP contribution >= 0.6 is 11.6 Å². The molecule has 88 valence electrons. The molecule has 0 aromatic carbocycles. The third-order valence-electron chi connectivity index (χ3n) is 1.94. The molecule has 0 aliphatic carbocycles. The van der Waals surface area contributed by atoms with Crippen LogP contribution in [0.2, 0.25) is 5.15 Å². The van der Waals surface area contributed by atoms with Gasteiger partial charge in [0.05, 0.1) is 12.2 Å². The van der Waals surface area contributed by atoms with Crippen LogP contribution in [0, 0.1) is 6.92 Å². The zero-order valence-corrected chi connectivity index (χ0v) is 9.52. The molecule has 6 heteroatoms. The molecule has 0 bridgehead atoms. The van der Waals surface area contributed by atoms with Crippen LogP contribution in [0.1, 0.15) is 35.0 Å². The fourth-order valence-electron chi connectivity index (χ4n) is 1.16. The smallest absolute Gasteiger partial charge is 0.341 e. The van der Waals surface area contributed by atoms with E-state index in [1.165, 1.54) is 6.92 Å². The van der Waals surface area contributed by atoms with Crippen molar-refractivity contribution in [3.63, 3.8) is 0 Å². The number of rotatable bonds is 3. The lowest BCUT2D eigenvalue weighted by Crippen LogP contribution is -2.08. The quantitative estimate of drug-likeness (QED) is 0.610. The maximum absolute atomic E-state index is 12.6. The average Bonchev–Trinajstić information content (AvgIpc) is 2.17. The van der Waals surface area contributed by atoms with E-state index in [0.29, 0.717) is 0 Å². The number of aryl methyl sites for hydroxylation is 1. The topological polar surface area (TPSA) is 39.2 Å². The lowest BCUT2D eigenvalue weighted by Gasteiger charge is -2.08. The Morgan fingerprint density at radius 3 is 2.75 bits per heavy atom. The Kier molecular flexibility index (Phi) is 4.18. The Hall–Kier alpha value is -1.23. The number of hydrogen-bond donors (Lipinski definition) is 0.